The van der Waals surface area contributed by atoms with Gasteiger partial charge in [0, 0.05) is 57.1 Å². The van der Waals surface area contributed by atoms with Crippen molar-refractivity contribution in [3.8, 4) is 0 Å². The second-order valence-corrected chi connectivity index (χ2v) is 12.1. The minimum Gasteiger partial charge on any atom is -0.383 e. The van der Waals surface area contributed by atoms with Crippen molar-refractivity contribution in [2.24, 2.45) is 5.92 Å². The summed E-state index contributed by atoms with van der Waals surface area (Å²) in [4.78, 5) is 29.6. The minimum atomic E-state index is -4.08. The van der Waals surface area contributed by atoms with Gasteiger partial charge in [0.15, 0.2) is 14.6 Å². The first-order chi connectivity index (χ1) is 18.3. The molecule has 3 N–H and O–H groups in total. The molecule has 2 saturated heterocycles. The minimum absolute atomic E-state index is 0. The van der Waals surface area contributed by atoms with Crippen LogP contribution < -0.4 is 15.7 Å². The van der Waals surface area contributed by atoms with E-state index in [1.54, 1.807) is 24.7 Å². The number of piperidine rings is 2. The average molecular weight is 581 g/mol. The largest absolute Gasteiger partial charge is 0.383 e. The van der Waals surface area contributed by atoms with Crippen LogP contribution in [0.5, 0.6) is 0 Å². The molecule has 12 heteroatoms. The Morgan fingerprint density at radius 2 is 1.62 bits per heavy atom. The highest BCUT2D eigenvalue weighted by Gasteiger charge is 2.52. The number of halogens is 1. The van der Waals surface area contributed by atoms with Gasteiger partial charge < -0.3 is 19.9 Å². The van der Waals surface area contributed by atoms with E-state index in [2.05, 4.69) is 15.1 Å². The molecule has 0 radical (unpaired) electrons. The molecule has 10 nitrogen and oxygen atoms in total. The van der Waals surface area contributed by atoms with Gasteiger partial charge in [0.25, 0.3) is 5.91 Å². The number of likely N-dealkylation sites (tertiary alicyclic amines) is 1. The standard InChI is InChI=1S/C27H36N4O6S.ClH/c1-37-20-19-30-17-13-27(14-18-30,26(33)29-34)38(35,36)24-9-7-23(8-10-24)31-15-11-21(12-16-31)25(32)28-22-5-3-2-4-6-22;/h2-10,21,34H,11-20H2,1H3,(H,28,32)(H,29,33);1H. The lowest BCUT2D eigenvalue weighted by Crippen LogP contribution is -2.58. The molecule has 4 rings (SSSR count). The first-order valence-corrected chi connectivity index (χ1v) is 14.4. The van der Waals surface area contributed by atoms with Gasteiger partial charge in [-0.25, -0.2) is 13.9 Å². The highest BCUT2D eigenvalue weighted by molar-refractivity contribution is 7.93. The third-order valence-corrected chi connectivity index (χ3v) is 10.2. The van der Waals surface area contributed by atoms with E-state index in [0.717, 1.165) is 11.4 Å². The number of para-hydroxylation sites is 1. The van der Waals surface area contributed by atoms with Crippen LogP contribution >= 0.6 is 12.4 Å². The fourth-order valence-electron chi connectivity index (χ4n) is 5.31. The number of ether oxygens (including phenoxy) is 1. The molecule has 0 atom stereocenters. The summed E-state index contributed by atoms with van der Waals surface area (Å²) in [6.07, 6.45) is 1.54. The van der Waals surface area contributed by atoms with E-state index in [0.29, 0.717) is 52.2 Å². The maximum atomic E-state index is 13.7. The molecular weight excluding hydrogens is 544 g/mol. The molecule has 0 saturated carbocycles. The lowest BCUT2D eigenvalue weighted by Gasteiger charge is -2.39. The van der Waals surface area contributed by atoms with Crippen molar-refractivity contribution in [1.82, 2.24) is 10.4 Å². The summed E-state index contributed by atoms with van der Waals surface area (Å²) in [7, 11) is -2.47. The highest BCUT2D eigenvalue weighted by Crippen LogP contribution is 2.37. The summed E-state index contributed by atoms with van der Waals surface area (Å²) in [6, 6.07) is 15.9. The van der Waals surface area contributed by atoms with E-state index in [-0.39, 0.29) is 42.0 Å². The molecule has 2 aromatic rings. The van der Waals surface area contributed by atoms with Crippen molar-refractivity contribution in [3.05, 3.63) is 54.6 Å². The van der Waals surface area contributed by atoms with Crippen LogP contribution in [0, 0.1) is 5.92 Å². The van der Waals surface area contributed by atoms with Crippen LogP contribution in [0.3, 0.4) is 0 Å². The molecule has 0 aromatic heterocycles. The SMILES string of the molecule is COCCN1CCC(C(=O)NO)(S(=O)(=O)c2ccc(N3CCC(C(=O)Nc4ccccc4)CC3)cc2)CC1.Cl. The molecule has 0 unspecified atom stereocenters. The smallest absolute Gasteiger partial charge is 0.265 e. The van der Waals surface area contributed by atoms with Gasteiger partial charge in [-0.3, -0.25) is 14.8 Å². The Morgan fingerprint density at radius 3 is 2.18 bits per heavy atom. The Kier molecular flexibility index (Phi) is 10.7. The number of rotatable bonds is 9. The lowest BCUT2D eigenvalue weighted by atomic mass is 9.95. The molecule has 2 aliphatic rings. The van der Waals surface area contributed by atoms with Crippen molar-refractivity contribution >= 4 is 45.4 Å². The molecule has 2 fully saturated rings. The topological polar surface area (TPSA) is 128 Å². The molecule has 2 heterocycles. The molecule has 0 bridgehead atoms. The number of methoxy groups -OCH3 is 1. The molecule has 0 aliphatic carbocycles. The maximum absolute atomic E-state index is 13.7. The van der Waals surface area contributed by atoms with E-state index in [1.807, 2.05) is 30.3 Å². The number of anilines is 2. The lowest BCUT2D eigenvalue weighted by molar-refractivity contribution is -0.133. The predicted octanol–water partition coefficient (Wildman–Crippen LogP) is 2.72. The molecule has 214 valence electrons. The van der Waals surface area contributed by atoms with Crippen molar-refractivity contribution < 1.29 is 28.0 Å². The molecule has 2 aromatic carbocycles. The van der Waals surface area contributed by atoms with Gasteiger partial charge in [0.1, 0.15) is 0 Å². The second kappa shape index (κ2) is 13.6. The zero-order valence-corrected chi connectivity index (χ0v) is 23.7. The van der Waals surface area contributed by atoms with Gasteiger partial charge in [-0.2, -0.15) is 0 Å². The average Bonchev–Trinajstić information content (AvgIpc) is 2.96. The number of amides is 2. The van der Waals surface area contributed by atoms with E-state index >= 15 is 0 Å². The third kappa shape index (κ3) is 6.72. The monoisotopic (exact) mass is 580 g/mol. The van der Waals surface area contributed by atoms with Gasteiger partial charge in [0.05, 0.1) is 11.5 Å². The van der Waals surface area contributed by atoms with Gasteiger partial charge >= 0.3 is 0 Å². The number of carbonyl (C=O) groups is 2. The van der Waals surface area contributed by atoms with Crippen LogP contribution in [0.2, 0.25) is 0 Å². The molecule has 0 spiro atoms. The van der Waals surface area contributed by atoms with E-state index < -0.39 is 20.5 Å². The molecule has 39 heavy (non-hydrogen) atoms. The normalized spacial score (nSPS) is 18.2. The number of nitrogens with zero attached hydrogens (tertiary/aromatic N) is 2. The fourth-order valence-corrected chi connectivity index (χ4v) is 7.26. The van der Waals surface area contributed by atoms with Crippen molar-refractivity contribution in [2.45, 2.75) is 35.3 Å². The summed E-state index contributed by atoms with van der Waals surface area (Å²) < 4.78 is 30.8. The number of hydrogen-bond acceptors (Lipinski definition) is 8. The van der Waals surface area contributed by atoms with Gasteiger partial charge in [-0.15, -0.1) is 12.4 Å². The molecule has 2 aliphatic heterocycles. The Morgan fingerprint density at radius 1 is 1.00 bits per heavy atom. The van der Waals surface area contributed by atoms with E-state index in [4.69, 9.17) is 4.74 Å². The molecular formula is C27H37ClN4O6S. The quantitative estimate of drug-likeness (QED) is 0.305. The van der Waals surface area contributed by atoms with Gasteiger partial charge in [0.2, 0.25) is 5.91 Å². The number of nitrogens with one attached hydrogen (secondary N) is 2. The van der Waals surface area contributed by atoms with Gasteiger partial charge in [-0.05, 0) is 62.1 Å². The summed E-state index contributed by atoms with van der Waals surface area (Å²) in [5.74, 6) is -0.973. The van der Waals surface area contributed by atoms with Crippen molar-refractivity contribution in [2.75, 3.05) is 56.7 Å². The van der Waals surface area contributed by atoms with Crippen LogP contribution in [0.1, 0.15) is 25.7 Å². The predicted molar refractivity (Wildman–Crippen MR) is 151 cm³/mol. The van der Waals surface area contributed by atoms with Crippen LogP contribution in [0.4, 0.5) is 11.4 Å². The summed E-state index contributed by atoms with van der Waals surface area (Å²) in [5.41, 5.74) is 3.24. The Labute approximate surface area is 236 Å². The maximum Gasteiger partial charge on any atom is 0.265 e. The number of hydrogen-bond donors (Lipinski definition) is 3. The van der Waals surface area contributed by atoms with Crippen molar-refractivity contribution in [1.29, 1.82) is 0 Å². The Balaban J connectivity index is 0.00000420. The number of benzene rings is 2. The van der Waals surface area contributed by atoms with E-state index in [9.17, 15) is 23.2 Å². The van der Waals surface area contributed by atoms with Crippen LogP contribution in [0.25, 0.3) is 0 Å². The number of carbonyl (C=O) groups excluding carboxylic acids is 2. The second-order valence-electron chi connectivity index (χ2n) is 9.88. The fraction of sp³-hybridized carbons (Fsp3) is 0.481. The summed E-state index contributed by atoms with van der Waals surface area (Å²) in [5, 5.41) is 12.4. The zero-order valence-electron chi connectivity index (χ0n) is 22.0. The van der Waals surface area contributed by atoms with Crippen molar-refractivity contribution in [3.63, 3.8) is 0 Å². The molecule has 2 amide bonds. The van der Waals surface area contributed by atoms with Gasteiger partial charge in [-0.1, -0.05) is 18.2 Å². The van der Waals surface area contributed by atoms with Crippen LogP contribution in [0.15, 0.2) is 59.5 Å². The summed E-state index contributed by atoms with van der Waals surface area (Å²) in [6.45, 7) is 3.32. The number of hydroxylamine groups is 1. The highest BCUT2D eigenvalue weighted by atomic mass is 35.5. The Bertz CT molecular complexity index is 1200. The summed E-state index contributed by atoms with van der Waals surface area (Å²) >= 11 is 0. The van der Waals surface area contributed by atoms with Crippen LogP contribution in [-0.4, -0.2) is 81.5 Å². The first-order valence-electron chi connectivity index (χ1n) is 12.9. The third-order valence-electron chi connectivity index (χ3n) is 7.72. The first kappa shape index (κ1) is 30.8. The van der Waals surface area contributed by atoms with E-state index in [1.165, 1.54) is 12.1 Å². The number of sulfone groups is 1. The zero-order chi connectivity index (χ0) is 27.2. The van der Waals surface area contributed by atoms with Crippen LogP contribution in [-0.2, 0) is 24.2 Å². The Hall–Kier alpha value is -2.70.